The molecule has 5 heteroatoms. The third kappa shape index (κ3) is 11.1. The number of carbonyl (C=O) groups excluding carboxylic acids is 2. The first kappa shape index (κ1) is 28.1. The second-order valence-electron chi connectivity index (χ2n) is 11.9. The third-order valence-corrected chi connectivity index (χ3v) is 5.27. The van der Waals surface area contributed by atoms with Gasteiger partial charge in [-0.25, -0.2) is 0 Å². The second-order valence-corrected chi connectivity index (χ2v) is 11.9. The van der Waals surface area contributed by atoms with Gasteiger partial charge >= 0.3 is 0 Å². The highest BCUT2D eigenvalue weighted by atomic mass is 16.5. The summed E-state index contributed by atoms with van der Waals surface area (Å²) in [4.78, 5) is 25.5. The molecule has 0 aliphatic carbocycles. The van der Waals surface area contributed by atoms with Crippen LogP contribution in [0.1, 0.15) is 95.4 Å². The van der Waals surface area contributed by atoms with Crippen LogP contribution in [0.25, 0.3) is 0 Å². The first-order valence-electron chi connectivity index (χ1n) is 11.0. The largest absolute Gasteiger partial charge is 0.376 e. The zero-order valence-electron chi connectivity index (χ0n) is 21.2. The van der Waals surface area contributed by atoms with Crippen LogP contribution in [0.4, 0.5) is 0 Å². The highest BCUT2D eigenvalue weighted by molar-refractivity contribution is 5.85. The number of hydrogen-bond acceptors (Lipinski definition) is 4. The van der Waals surface area contributed by atoms with Crippen LogP contribution in [0, 0.1) is 16.7 Å². The van der Waals surface area contributed by atoms with E-state index in [1.807, 2.05) is 69.4 Å². The predicted octanol–water partition coefficient (Wildman–Crippen LogP) is 4.73. The van der Waals surface area contributed by atoms with Crippen molar-refractivity contribution in [3.05, 3.63) is 0 Å². The molecular formula is C24H48N2O3. The SMILES string of the molecule is CNC(CC(C)(C)CC(C)(C)C(=O)NC(C)(C)CCOC(C)(C)C)C(=O)C(C)C. The quantitative estimate of drug-likeness (QED) is 0.486. The highest BCUT2D eigenvalue weighted by Gasteiger charge is 2.38. The van der Waals surface area contributed by atoms with Crippen LogP contribution in [-0.2, 0) is 14.3 Å². The molecule has 0 aliphatic rings. The molecule has 0 fully saturated rings. The number of hydrogen-bond donors (Lipinski definition) is 2. The Balaban J connectivity index is 4.99. The number of ether oxygens (including phenoxy) is 1. The molecule has 0 aromatic rings. The molecule has 1 atom stereocenters. The van der Waals surface area contributed by atoms with Gasteiger partial charge in [0.1, 0.15) is 0 Å². The van der Waals surface area contributed by atoms with Crippen LogP contribution in [0.2, 0.25) is 0 Å². The van der Waals surface area contributed by atoms with E-state index >= 15 is 0 Å². The number of carbonyl (C=O) groups is 2. The van der Waals surface area contributed by atoms with Gasteiger partial charge in [-0.3, -0.25) is 9.59 Å². The standard InChI is InChI=1S/C24H48N2O3/c1-17(2)19(27)18(25-12)15-22(6,7)16-23(8,9)20(28)26-24(10,11)13-14-29-21(3,4)5/h17-18,25H,13-16H2,1-12H3,(H,26,28). The van der Waals surface area contributed by atoms with Gasteiger partial charge in [-0.15, -0.1) is 0 Å². The molecule has 0 heterocycles. The molecule has 2 N–H and O–H groups in total. The van der Waals surface area contributed by atoms with E-state index in [9.17, 15) is 9.59 Å². The van der Waals surface area contributed by atoms with E-state index in [1.165, 1.54) is 0 Å². The zero-order chi connectivity index (χ0) is 23.3. The van der Waals surface area contributed by atoms with Crippen molar-refractivity contribution < 1.29 is 14.3 Å². The van der Waals surface area contributed by atoms with Crippen molar-refractivity contribution in [1.29, 1.82) is 0 Å². The summed E-state index contributed by atoms with van der Waals surface area (Å²) in [7, 11) is 1.83. The maximum Gasteiger partial charge on any atom is 0.226 e. The Morgan fingerprint density at radius 3 is 1.86 bits per heavy atom. The van der Waals surface area contributed by atoms with Gasteiger partial charge in [-0.1, -0.05) is 41.5 Å². The zero-order valence-corrected chi connectivity index (χ0v) is 21.2. The van der Waals surface area contributed by atoms with Gasteiger partial charge in [0.2, 0.25) is 5.91 Å². The van der Waals surface area contributed by atoms with E-state index in [-0.39, 0.29) is 40.2 Å². The number of amides is 1. The molecule has 0 spiro atoms. The monoisotopic (exact) mass is 412 g/mol. The van der Waals surface area contributed by atoms with Gasteiger partial charge in [0.15, 0.2) is 5.78 Å². The molecule has 0 aromatic heterocycles. The Labute approximate surface area is 180 Å². The van der Waals surface area contributed by atoms with Crippen LogP contribution >= 0.6 is 0 Å². The average Bonchev–Trinajstić information content (AvgIpc) is 2.48. The summed E-state index contributed by atoms with van der Waals surface area (Å²) in [5, 5.41) is 6.38. The summed E-state index contributed by atoms with van der Waals surface area (Å²) in [6.45, 7) is 22.9. The summed E-state index contributed by atoms with van der Waals surface area (Å²) in [5.41, 5.74) is -1.21. The Hall–Kier alpha value is -0.940. The lowest BCUT2D eigenvalue weighted by Crippen LogP contribution is -2.51. The first-order chi connectivity index (χ1) is 12.8. The van der Waals surface area contributed by atoms with Crippen LogP contribution < -0.4 is 10.6 Å². The fourth-order valence-corrected chi connectivity index (χ4v) is 3.80. The van der Waals surface area contributed by atoms with E-state index in [0.717, 1.165) is 6.42 Å². The van der Waals surface area contributed by atoms with Gasteiger partial charge in [-0.2, -0.15) is 0 Å². The average molecular weight is 413 g/mol. The van der Waals surface area contributed by atoms with Crippen LogP contribution in [0.5, 0.6) is 0 Å². The smallest absolute Gasteiger partial charge is 0.226 e. The van der Waals surface area contributed by atoms with Crippen molar-refractivity contribution in [2.24, 2.45) is 16.7 Å². The molecule has 0 saturated heterocycles. The van der Waals surface area contributed by atoms with E-state index in [2.05, 4.69) is 24.5 Å². The topological polar surface area (TPSA) is 67.4 Å². The summed E-state index contributed by atoms with van der Waals surface area (Å²) >= 11 is 0. The maximum atomic E-state index is 13.1. The fraction of sp³-hybridized carbons (Fsp3) is 0.917. The molecule has 172 valence electrons. The lowest BCUT2D eigenvalue weighted by Gasteiger charge is -2.38. The Bertz CT molecular complexity index is 543. The molecule has 0 aliphatic heterocycles. The van der Waals surface area contributed by atoms with Crippen LogP contribution in [0.15, 0.2) is 0 Å². The Morgan fingerprint density at radius 2 is 1.45 bits per heavy atom. The van der Waals surface area contributed by atoms with Crippen LogP contribution in [0.3, 0.4) is 0 Å². The molecule has 0 radical (unpaired) electrons. The van der Waals surface area contributed by atoms with Crippen molar-refractivity contribution in [3.63, 3.8) is 0 Å². The molecule has 0 rings (SSSR count). The number of Topliss-reactive ketones (excluding diaryl/α,β-unsaturated/α-hetero) is 1. The fourth-order valence-electron chi connectivity index (χ4n) is 3.80. The molecule has 1 unspecified atom stereocenters. The third-order valence-electron chi connectivity index (χ3n) is 5.27. The van der Waals surface area contributed by atoms with Gasteiger partial charge in [0.25, 0.3) is 0 Å². The van der Waals surface area contributed by atoms with E-state index in [1.54, 1.807) is 0 Å². The molecule has 0 aromatic carbocycles. The molecule has 0 saturated carbocycles. The van der Waals surface area contributed by atoms with Crippen molar-refractivity contribution in [2.45, 2.75) is 113 Å². The highest BCUT2D eigenvalue weighted by Crippen LogP contribution is 2.38. The van der Waals surface area contributed by atoms with Gasteiger partial charge < -0.3 is 15.4 Å². The number of nitrogens with one attached hydrogen (secondary N) is 2. The summed E-state index contributed by atoms with van der Waals surface area (Å²) < 4.78 is 5.82. The number of ketones is 1. The van der Waals surface area contributed by atoms with Crippen molar-refractivity contribution >= 4 is 11.7 Å². The van der Waals surface area contributed by atoms with E-state index < -0.39 is 5.41 Å². The Morgan fingerprint density at radius 1 is 0.931 bits per heavy atom. The van der Waals surface area contributed by atoms with Gasteiger partial charge in [0.05, 0.1) is 11.6 Å². The Kier molecular flexibility index (Phi) is 10.1. The first-order valence-corrected chi connectivity index (χ1v) is 11.0. The normalized spacial score (nSPS) is 14.8. The summed E-state index contributed by atoms with van der Waals surface area (Å²) in [5.74, 6) is 0.265. The van der Waals surface area contributed by atoms with Crippen LogP contribution in [-0.4, -0.2) is 42.5 Å². The lowest BCUT2D eigenvalue weighted by atomic mass is 9.70. The van der Waals surface area contributed by atoms with E-state index in [0.29, 0.717) is 19.4 Å². The number of rotatable bonds is 12. The predicted molar refractivity (Wildman–Crippen MR) is 122 cm³/mol. The minimum absolute atomic E-state index is 0.00400. The maximum absolute atomic E-state index is 13.1. The molecule has 29 heavy (non-hydrogen) atoms. The lowest BCUT2D eigenvalue weighted by molar-refractivity contribution is -0.133. The molecule has 5 nitrogen and oxygen atoms in total. The van der Waals surface area contributed by atoms with Gasteiger partial charge in [0, 0.05) is 23.5 Å². The van der Waals surface area contributed by atoms with E-state index in [4.69, 9.17) is 4.74 Å². The van der Waals surface area contributed by atoms with Crippen molar-refractivity contribution in [1.82, 2.24) is 10.6 Å². The molecule has 0 bridgehead atoms. The molecular weight excluding hydrogens is 364 g/mol. The van der Waals surface area contributed by atoms with Crippen molar-refractivity contribution in [2.75, 3.05) is 13.7 Å². The minimum Gasteiger partial charge on any atom is -0.376 e. The summed E-state index contributed by atoms with van der Waals surface area (Å²) in [6.07, 6.45) is 2.16. The van der Waals surface area contributed by atoms with Crippen molar-refractivity contribution in [3.8, 4) is 0 Å². The second kappa shape index (κ2) is 10.4. The van der Waals surface area contributed by atoms with Gasteiger partial charge in [-0.05, 0) is 66.3 Å². The number of likely N-dealkylation sites (N-methyl/N-ethyl adjacent to an activating group) is 1. The molecule has 1 amide bonds. The minimum atomic E-state index is -0.537. The summed E-state index contributed by atoms with van der Waals surface area (Å²) in [6, 6.07) is -0.185.